The molecule has 0 radical (unpaired) electrons. The second kappa shape index (κ2) is 6.65. The van der Waals surface area contributed by atoms with Gasteiger partial charge in [0.2, 0.25) is 0 Å². The van der Waals surface area contributed by atoms with E-state index in [2.05, 4.69) is 27.0 Å². The first-order valence-corrected chi connectivity index (χ1v) is 8.83. The van der Waals surface area contributed by atoms with Crippen molar-refractivity contribution < 1.29 is 9.90 Å². The lowest BCUT2D eigenvalue weighted by atomic mass is 9.79. The number of amides is 1. The minimum absolute atomic E-state index is 0.223. The van der Waals surface area contributed by atoms with E-state index in [-0.39, 0.29) is 5.91 Å². The normalized spacial score (nSPS) is 19.7. The minimum atomic E-state index is -1.33. The molecule has 0 spiro atoms. The summed E-state index contributed by atoms with van der Waals surface area (Å²) in [5, 5.41) is 11.0. The van der Waals surface area contributed by atoms with Crippen LogP contribution in [0.25, 0.3) is 0 Å². The lowest BCUT2D eigenvalue weighted by Crippen LogP contribution is -2.50. The van der Waals surface area contributed by atoms with Crippen LogP contribution < -0.4 is 0 Å². The number of pyridine rings is 1. The van der Waals surface area contributed by atoms with E-state index in [0.29, 0.717) is 25.8 Å². The van der Waals surface area contributed by atoms with Crippen molar-refractivity contribution in [3.63, 3.8) is 0 Å². The molecule has 5 heteroatoms. The predicted molar refractivity (Wildman–Crippen MR) is 96.6 cm³/mol. The molecule has 1 atom stereocenters. The summed E-state index contributed by atoms with van der Waals surface area (Å²) in [4.78, 5) is 18.6. The Bertz CT molecular complexity index is 778. The van der Waals surface area contributed by atoms with Gasteiger partial charge in [0.1, 0.15) is 5.60 Å². The summed E-state index contributed by atoms with van der Waals surface area (Å²) in [6, 6.07) is 7.94. The van der Waals surface area contributed by atoms with E-state index in [1.807, 2.05) is 25.1 Å². The first-order valence-electron chi connectivity index (χ1n) is 8.04. The van der Waals surface area contributed by atoms with E-state index in [4.69, 9.17) is 0 Å². The lowest BCUT2D eigenvalue weighted by Gasteiger charge is -2.35. The van der Waals surface area contributed by atoms with Gasteiger partial charge >= 0.3 is 0 Å². The summed E-state index contributed by atoms with van der Waals surface area (Å²) >= 11 is 3.47. The maximum atomic E-state index is 12.9. The number of carbonyl (C=O) groups excluding carboxylic acids is 1. The Morgan fingerprint density at radius 2 is 2.17 bits per heavy atom. The summed E-state index contributed by atoms with van der Waals surface area (Å²) in [5.74, 6) is -0.223. The zero-order valence-electron chi connectivity index (χ0n) is 13.9. The highest BCUT2D eigenvalue weighted by Gasteiger charge is 2.41. The van der Waals surface area contributed by atoms with Crippen LogP contribution in [-0.2, 0) is 24.2 Å². The van der Waals surface area contributed by atoms with Gasteiger partial charge in [0.25, 0.3) is 5.91 Å². The van der Waals surface area contributed by atoms with E-state index in [0.717, 1.165) is 21.2 Å². The number of nitrogens with zero attached hydrogens (tertiary/aromatic N) is 2. The molecule has 126 valence electrons. The Kier molecular flexibility index (Phi) is 4.74. The zero-order chi connectivity index (χ0) is 17.3. The van der Waals surface area contributed by atoms with E-state index >= 15 is 0 Å². The van der Waals surface area contributed by atoms with Gasteiger partial charge in [-0.3, -0.25) is 9.78 Å². The summed E-state index contributed by atoms with van der Waals surface area (Å²) in [6.45, 7) is 2.45. The van der Waals surface area contributed by atoms with Crippen LogP contribution in [0.15, 0.2) is 41.1 Å². The van der Waals surface area contributed by atoms with Crippen molar-refractivity contribution >= 4 is 21.8 Å². The van der Waals surface area contributed by atoms with Crippen LogP contribution in [0, 0.1) is 6.92 Å². The SMILES string of the molecule is Cc1ccncc1CN(C)C(=O)[C@]1(O)CCc2cc(Br)ccc2C1. The molecule has 4 nitrogen and oxygen atoms in total. The summed E-state index contributed by atoms with van der Waals surface area (Å²) in [7, 11) is 1.74. The second-order valence-electron chi connectivity index (χ2n) is 6.58. The molecule has 0 aliphatic heterocycles. The number of benzene rings is 1. The smallest absolute Gasteiger partial charge is 0.254 e. The summed E-state index contributed by atoms with van der Waals surface area (Å²) in [5.41, 5.74) is 3.01. The van der Waals surface area contributed by atoms with Gasteiger partial charge in [0, 0.05) is 36.9 Å². The Morgan fingerprint density at radius 3 is 2.92 bits per heavy atom. The van der Waals surface area contributed by atoms with Gasteiger partial charge in [-0.1, -0.05) is 22.0 Å². The number of aromatic nitrogens is 1. The van der Waals surface area contributed by atoms with E-state index in [9.17, 15) is 9.90 Å². The quantitative estimate of drug-likeness (QED) is 0.878. The van der Waals surface area contributed by atoms with Gasteiger partial charge in [0.15, 0.2) is 0 Å². The van der Waals surface area contributed by atoms with Crippen molar-refractivity contribution in [2.75, 3.05) is 7.05 Å². The van der Waals surface area contributed by atoms with E-state index in [1.54, 1.807) is 24.3 Å². The molecule has 1 aromatic carbocycles. The molecule has 1 aromatic heterocycles. The van der Waals surface area contributed by atoms with Gasteiger partial charge in [-0.2, -0.15) is 0 Å². The molecule has 1 aliphatic rings. The molecule has 0 saturated carbocycles. The Hall–Kier alpha value is -1.72. The standard InChI is InChI=1S/C19H21BrN2O2/c1-13-6-8-21-11-16(13)12-22(2)18(23)19(24)7-5-14-9-17(20)4-3-15(14)10-19/h3-4,6,8-9,11,24H,5,7,10,12H2,1-2H3/t19-/m0/s1. The highest BCUT2D eigenvalue weighted by molar-refractivity contribution is 9.10. The maximum absolute atomic E-state index is 12.9. The fraction of sp³-hybridized carbons (Fsp3) is 0.368. The monoisotopic (exact) mass is 388 g/mol. The Labute approximate surface area is 150 Å². The number of aliphatic hydroxyl groups is 1. The average molecular weight is 389 g/mol. The maximum Gasteiger partial charge on any atom is 0.254 e. The average Bonchev–Trinajstić information content (AvgIpc) is 2.56. The number of rotatable bonds is 3. The largest absolute Gasteiger partial charge is 0.380 e. The van der Waals surface area contributed by atoms with Crippen molar-refractivity contribution in [3.05, 3.63) is 63.4 Å². The van der Waals surface area contributed by atoms with Crippen LogP contribution in [0.1, 0.15) is 28.7 Å². The van der Waals surface area contributed by atoms with Crippen LogP contribution in [0.2, 0.25) is 0 Å². The number of hydrogen-bond donors (Lipinski definition) is 1. The summed E-state index contributed by atoms with van der Waals surface area (Å²) in [6.07, 6.45) is 5.04. The molecule has 0 fully saturated rings. The Balaban J connectivity index is 1.77. The number of hydrogen-bond acceptors (Lipinski definition) is 3. The Morgan fingerprint density at radius 1 is 1.38 bits per heavy atom. The lowest BCUT2D eigenvalue weighted by molar-refractivity contribution is -0.151. The molecule has 0 saturated heterocycles. The van der Waals surface area contributed by atoms with Gasteiger partial charge < -0.3 is 10.0 Å². The highest BCUT2D eigenvalue weighted by Crippen LogP contribution is 2.32. The number of likely N-dealkylation sites (N-methyl/N-ethyl adjacent to an activating group) is 1. The van der Waals surface area contributed by atoms with Crippen molar-refractivity contribution in [1.82, 2.24) is 9.88 Å². The van der Waals surface area contributed by atoms with Crippen molar-refractivity contribution in [1.29, 1.82) is 0 Å². The third kappa shape index (κ3) is 3.37. The first kappa shape index (κ1) is 17.1. The highest BCUT2D eigenvalue weighted by atomic mass is 79.9. The molecular formula is C19H21BrN2O2. The number of halogens is 1. The summed E-state index contributed by atoms with van der Waals surface area (Å²) < 4.78 is 1.03. The molecular weight excluding hydrogens is 368 g/mol. The molecule has 1 amide bonds. The van der Waals surface area contributed by atoms with Crippen LogP contribution in [0.3, 0.4) is 0 Å². The number of aryl methyl sites for hydroxylation is 2. The van der Waals surface area contributed by atoms with E-state index < -0.39 is 5.60 Å². The topological polar surface area (TPSA) is 53.4 Å². The van der Waals surface area contributed by atoms with Crippen molar-refractivity contribution in [3.8, 4) is 0 Å². The molecule has 1 heterocycles. The predicted octanol–water partition coefficient (Wildman–Crippen LogP) is 3.03. The number of fused-ring (bicyclic) bond motifs is 1. The molecule has 24 heavy (non-hydrogen) atoms. The molecule has 3 rings (SSSR count). The van der Waals surface area contributed by atoms with Crippen LogP contribution >= 0.6 is 15.9 Å². The van der Waals surface area contributed by atoms with Crippen LogP contribution in [0.5, 0.6) is 0 Å². The van der Waals surface area contributed by atoms with Gasteiger partial charge in [-0.05, 0) is 60.2 Å². The van der Waals surface area contributed by atoms with Gasteiger partial charge in [0.05, 0.1) is 0 Å². The van der Waals surface area contributed by atoms with Crippen molar-refractivity contribution in [2.45, 2.75) is 38.3 Å². The minimum Gasteiger partial charge on any atom is -0.380 e. The molecule has 0 bridgehead atoms. The molecule has 1 N–H and O–H groups in total. The van der Waals surface area contributed by atoms with Crippen LogP contribution in [-0.4, -0.2) is 33.5 Å². The van der Waals surface area contributed by atoms with Crippen molar-refractivity contribution in [2.24, 2.45) is 0 Å². The van der Waals surface area contributed by atoms with Gasteiger partial charge in [-0.15, -0.1) is 0 Å². The second-order valence-corrected chi connectivity index (χ2v) is 7.50. The third-order valence-electron chi connectivity index (χ3n) is 4.76. The first-order chi connectivity index (χ1) is 11.4. The fourth-order valence-electron chi connectivity index (χ4n) is 3.27. The van der Waals surface area contributed by atoms with Gasteiger partial charge in [-0.25, -0.2) is 0 Å². The zero-order valence-corrected chi connectivity index (χ0v) is 15.5. The van der Waals surface area contributed by atoms with Crippen LogP contribution in [0.4, 0.5) is 0 Å². The third-order valence-corrected chi connectivity index (χ3v) is 5.25. The molecule has 0 unspecified atom stereocenters. The number of carbonyl (C=O) groups is 1. The fourth-order valence-corrected chi connectivity index (χ4v) is 3.68. The molecule has 1 aliphatic carbocycles. The molecule has 2 aromatic rings. The van der Waals surface area contributed by atoms with E-state index in [1.165, 1.54) is 5.56 Å².